The Bertz CT molecular complexity index is 1210. The van der Waals surface area contributed by atoms with Gasteiger partial charge in [-0.2, -0.15) is 0 Å². The first kappa shape index (κ1) is 25.3. The maximum absolute atomic E-state index is 13.1. The number of benzene rings is 3. The molecule has 4 rings (SSSR count). The van der Waals surface area contributed by atoms with E-state index in [1.165, 1.54) is 5.56 Å². The Kier molecular flexibility index (Phi) is 7.63. The molecular formula is C30H34N2O4. The van der Waals surface area contributed by atoms with Crippen LogP contribution in [0.3, 0.4) is 0 Å². The number of amidine groups is 1. The number of ether oxygens (including phenoxy) is 3. The third-order valence-corrected chi connectivity index (χ3v) is 6.25. The highest BCUT2D eigenvalue weighted by Gasteiger charge is 2.24. The lowest BCUT2D eigenvalue weighted by atomic mass is 9.87. The minimum atomic E-state index is -0.512. The number of likely N-dealkylation sites (N-methyl/N-ethyl adjacent to an activating group) is 1. The number of aliphatic imine (C=N–C) groups is 1. The third-order valence-electron chi connectivity index (χ3n) is 6.25. The van der Waals surface area contributed by atoms with Gasteiger partial charge in [0.25, 0.3) is 0 Å². The minimum absolute atomic E-state index is 0.0121. The maximum atomic E-state index is 13.1. The second kappa shape index (κ2) is 10.9. The van der Waals surface area contributed by atoms with Gasteiger partial charge in [0.15, 0.2) is 6.10 Å². The number of carbonyl (C=O) groups is 1. The van der Waals surface area contributed by atoms with Crippen molar-refractivity contribution in [3.05, 3.63) is 95.1 Å². The molecule has 6 heteroatoms. The molecule has 1 unspecified atom stereocenters. The molecule has 0 N–H and O–H groups in total. The number of nitrogens with zero attached hydrogens (tertiary/aromatic N) is 2. The first-order valence-corrected chi connectivity index (χ1v) is 12.2. The normalized spacial score (nSPS) is 13.4. The number of hydrogen-bond acceptors (Lipinski definition) is 6. The van der Waals surface area contributed by atoms with Gasteiger partial charge in [0.1, 0.15) is 23.9 Å². The number of hydrogen-bond donors (Lipinski definition) is 0. The van der Waals surface area contributed by atoms with Gasteiger partial charge in [-0.3, -0.25) is 4.99 Å². The second-order valence-electron chi connectivity index (χ2n) is 10.0. The van der Waals surface area contributed by atoms with Crippen LogP contribution in [0.15, 0.2) is 77.8 Å². The molecule has 1 aliphatic heterocycles. The topological polar surface area (TPSA) is 60.4 Å². The molecule has 0 aliphatic carbocycles. The largest absolute Gasteiger partial charge is 0.497 e. The summed E-state index contributed by atoms with van der Waals surface area (Å²) in [4.78, 5) is 19.8. The van der Waals surface area contributed by atoms with Crippen LogP contribution < -0.4 is 9.47 Å². The van der Waals surface area contributed by atoms with Gasteiger partial charge in [0.2, 0.25) is 0 Å². The first-order chi connectivity index (χ1) is 17.2. The van der Waals surface area contributed by atoms with E-state index in [0.717, 1.165) is 22.7 Å². The lowest BCUT2D eigenvalue weighted by Crippen LogP contribution is -2.39. The van der Waals surface area contributed by atoms with Crippen molar-refractivity contribution in [3.63, 3.8) is 0 Å². The zero-order chi connectivity index (χ0) is 25.7. The maximum Gasteiger partial charge on any atom is 0.338 e. The first-order valence-electron chi connectivity index (χ1n) is 12.2. The lowest BCUT2D eigenvalue weighted by Gasteiger charge is -2.26. The van der Waals surface area contributed by atoms with Gasteiger partial charge in [-0.15, -0.1) is 0 Å². The standard InChI is InChI=1S/C30H34N2O4/c1-30(2,3)23-12-10-21(11-13-23)29(33)36-26(20-35-25-16-14-24(34-5)15-17-25)19-32(4)28-27-9-7-6-8-22(27)18-31-28/h6-17,26H,18-20H2,1-5H3. The minimum Gasteiger partial charge on any atom is -0.497 e. The fraction of sp³-hybridized carbons (Fsp3) is 0.333. The molecule has 0 spiro atoms. The summed E-state index contributed by atoms with van der Waals surface area (Å²) in [6.45, 7) is 7.74. The van der Waals surface area contributed by atoms with Crippen LogP contribution >= 0.6 is 0 Å². The second-order valence-corrected chi connectivity index (χ2v) is 10.0. The smallest absolute Gasteiger partial charge is 0.338 e. The summed E-state index contributed by atoms with van der Waals surface area (Å²) in [5, 5.41) is 0. The molecule has 1 aliphatic rings. The van der Waals surface area contributed by atoms with Crippen molar-refractivity contribution in [1.29, 1.82) is 0 Å². The number of fused-ring (bicyclic) bond motifs is 1. The molecule has 0 bridgehead atoms. The van der Waals surface area contributed by atoms with Crippen LogP contribution in [0.2, 0.25) is 0 Å². The Morgan fingerprint density at radius 2 is 1.64 bits per heavy atom. The summed E-state index contributed by atoms with van der Waals surface area (Å²) in [6.07, 6.45) is -0.512. The number of methoxy groups -OCH3 is 1. The van der Waals surface area contributed by atoms with Gasteiger partial charge in [-0.1, -0.05) is 57.2 Å². The Hall–Kier alpha value is -3.80. The van der Waals surface area contributed by atoms with Crippen LogP contribution in [-0.2, 0) is 16.7 Å². The Balaban J connectivity index is 1.48. The van der Waals surface area contributed by atoms with Crippen molar-refractivity contribution >= 4 is 11.8 Å². The molecule has 1 atom stereocenters. The molecule has 36 heavy (non-hydrogen) atoms. The number of rotatable bonds is 8. The summed E-state index contributed by atoms with van der Waals surface area (Å²) in [7, 11) is 3.59. The predicted molar refractivity (Wildman–Crippen MR) is 142 cm³/mol. The van der Waals surface area contributed by atoms with Gasteiger partial charge in [-0.05, 0) is 52.9 Å². The fourth-order valence-corrected chi connectivity index (χ4v) is 4.15. The van der Waals surface area contributed by atoms with E-state index >= 15 is 0 Å². The van der Waals surface area contributed by atoms with Gasteiger partial charge in [0.05, 0.1) is 25.8 Å². The van der Waals surface area contributed by atoms with Gasteiger partial charge in [-0.25, -0.2) is 4.79 Å². The quantitative estimate of drug-likeness (QED) is 0.394. The van der Waals surface area contributed by atoms with E-state index in [4.69, 9.17) is 19.2 Å². The van der Waals surface area contributed by atoms with E-state index in [-0.39, 0.29) is 18.0 Å². The average Bonchev–Trinajstić information content (AvgIpc) is 3.31. The highest BCUT2D eigenvalue weighted by Crippen LogP contribution is 2.24. The van der Waals surface area contributed by atoms with Crippen molar-refractivity contribution in [3.8, 4) is 11.5 Å². The molecule has 0 saturated heterocycles. The van der Waals surface area contributed by atoms with Crippen LogP contribution in [-0.4, -0.2) is 50.1 Å². The summed E-state index contributed by atoms with van der Waals surface area (Å²) < 4.78 is 17.2. The van der Waals surface area contributed by atoms with E-state index in [1.807, 2.05) is 72.6 Å². The van der Waals surface area contributed by atoms with Crippen molar-refractivity contribution < 1.29 is 19.0 Å². The summed E-state index contributed by atoms with van der Waals surface area (Å²) in [6, 6.07) is 23.2. The van der Waals surface area contributed by atoms with Crippen molar-refractivity contribution in [2.45, 2.75) is 38.8 Å². The molecule has 6 nitrogen and oxygen atoms in total. The molecular weight excluding hydrogens is 452 g/mol. The average molecular weight is 487 g/mol. The van der Waals surface area contributed by atoms with Crippen LogP contribution in [0.5, 0.6) is 11.5 Å². The van der Waals surface area contributed by atoms with Gasteiger partial charge >= 0.3 is 5.97 Å². The highest BCUT2D eigenvalue weighted by atomic mass is 16.6. The summed E-state index contributed by atoms with van der Waals surface area (Å²) in [5.74, 6) is 1.95. The fourth-order valence-electron chi connectivity index (χ4n) is 4.15. The number of esters is 1. The van der Waals surface area contributed by atoms with E-state index in [2.05, 4.69) is 32.9 Å². The Morgan fingerprint density at radius 1 is 0.972 bits per heavy atom. The monoisotopic (exact) mass is 486 g/mol. The molecule has 188 valence electrons. The van der Waals surface area contributed by atoms with Crippen LogP contribution in [0.1, 0.15) is 47.8 Å². The third kappa shape index (κ3) is 6.06. The molecule has 0 radical (unpaired) electrons. The highest BCUT2D eigenvalue weighted by molar-refractivity contribution is 6.01. The summed E-state index contributed by atoms with van der Waals surface area (Å²) in [5.41, 5.74) is 4.00. The molecule has 0 fully saturated rings. The van der Waals surface area contributed by atoms with E-state index < -0.39 is 6.10 Å². The lowest BCUT2D eigenvalue weighted by molar-refractivity contribution is 0.0130. The van der Waals surface area contributed by atoms with Crippen molar-refractivity contribution in [1.82, 2.24) is 4.90 Å². The number of carbonyl (C=O) groups excluding carboxylic acids is 1. The zero-order valence-electron chi connectivity index (χ0n) is 21.7. The van der Waals surface area contributed by atoms with Crippen molar-refractivity contribution in [2.24, 2.45) is 4.99 Å². The Labute approximate surface area is 213 Å². The predicted octanol–water partition coefficient (Wildman–Crippen LogP) is 5.49. The summed E-state index contributed by atoms with van der Waals surface area (Å²) >= 11 is 0. The van der Waals surface area contributed by atoms with Crippen LogP contribution in [0.25, 0.3) is 0 Å². The molecule has 1 heterocycles. The molecule has 0 saturated carbocycles. The van der Waals surface area contributed by atoms with Crippen molar-refractivity contribution in [2.75, 3.05) is 27.3 Å². The molecule has 3 aromatic carbocycles. The molecule has 0 amide bonds. The van der Waals surface area contributed by atoms with Gasteiger partial charge in [0, 0.05) is 12.6 Å². The van der Waals surface area contributed by atoms with Gasteiger partial charge < -0.3 is 19.1 Å². The van der Waals surface area contributed by atoms with Crippen LogP contribution in [0, 0.1) is 0 Å². The molecule has 0 aromatic heterocycles. The van der Waals surface area contributed by atoms with E-state index in [0.29, 0.717) is 24.4 Å². The molecule has 3 aromatic rings. The van der Waals surface area contributed by atoms with Crippen LogP contribution in [0.4, 0.5) is 0 Å². The Morgan fingerprint density at radius 3 is 2.31 bits per heavy atom. The van der Waals surface area contributed by atoms with E-state index in [9.17, 15) is 4.79 Å². The SMILES string of the molecule is COc1ccc(OCC(CN(C)C2=NCc3ccccc32)OC(=O)c2ccc(C(C)(C)C)cc2)cc1. The van der Waals surface area contributed by atoms with E-state index in [1.54, 1.807) is 7.11 Å². The zero-order valence-corrected chi connectivity index (χ0v) is 21.7.